The van der Waals surface area contributed by atoms with Crippen LogP contribution < -0.4 is 10.6 Å². The van der Waals surface area contributed by atoms with Gasteiger partial charge in [0.2, 0.25) is 0 Å². The first kappa shape index (κ1) is 17.7. The summed E-state index contributed by atoms with van der Waals surface area (Å²) in [5, 5.41) is 13.2. The zero-order valence-electron chi connectivity index (χ0n) is 15.5. The number of piperidine rings is 1. The molecule has 2 aliphatic heterocycles. The fourth-order valence-corrected chi connectivity index (χ4v) is 3.71. The monoisotopic (exact) mass is 367 g/mol. The van der Waals surface area contributed by atoms with Crippen LogP contribution in [0.3, 0.4) is 0 Å². The van der Waals surface area contributed by atoms with E-state index < -0.39 is 0 Å². The molecule has 0 aliphatic carbocycles. The van der Waals surface area contributed by atoms with Crippen LogP contribution in [0.4, 0.5) is 5.69 Å². The van der Waals surface area contributed by atoms with Gasteiger partial charge in [0.1, 0.15) is 0 Å². The molecule has 1 aromatic heterocycles. The summed E-state index contributed by atoms with van der Waals surface area (Å²) in [4.78, 5) is 27.1. The number of amides is 2. The Labute approximate surface area is 158 Å². The van der Waals surface area contributed by atoms with Crippen LogP contribution in [-0.2, 0) is 13.0 Å². The van der Waals surface area contributed by atoms with Crippen molar-refractivity contribution in [1.29, 1.82) is 0 Å². The molecule has 0 radical (unpaired) electrons. The van der Waals surface area contributed by atoms with E-state index in [1.165, 1.54) is 0 Å². The smallest absolute Gasteiger partial charge is 0.276 e. The maximum Gasteiger partial charge on any atom is 0.276 e. The molecule has 0 unspecified atom stereocenters. The van der Waals surface area contributed by atoms with Crippen molar-refractivity contribution >= 4 is 17.5 Å². The molecule has 4 rings (SSSR count). The van der Waals surface area contributed by atoms with Gasteiger partial charge in [-0.3, -0.25) is 14.7 Å². The van der Waals surface area contributed by atoms with Crippen molar-refractivity contribution in [2.24, 2.45) is 5.92 Å². The van der Waals surface area contributed by atoms with Crippen LogP contribution in [0.1, 0.15) is 51.9 Å². The highest BCUT2D eigenvalue weighted by Crippen LogP contribution is 2.20. The Morgan fingerprint density at radius 1 is 1.19 bits per heavy atom. The van der Waals surface area contributed by atoms with Crippen molar-refractivity contribution in [3.05, 3.63) is 46.8 Å². The summed E-state index contributed by atoms with van der Waals surface area (Å²) in [7, 11) is 0. The fourth-order valence-electron chi connectivity index (χ4n) is 3.71. The van der Waals surface area contributed by atoms with E-state index in [2.05, 4.69) is 27.8 Å². The van der Waals surface area contributed by atoms with Gasteiger partial charge in [0.15, 0.2) is 5.69 Å². The van der Waals surface area contributed by atoms with E-state index in [9.17, 15) is 9.59 Å². The number of H-pyrrole nitrogens is 1. The fraction of sp³-hybridized carbons (Fsp3) is 0.450. The number of likely N-dealkylation sites (tertiary alicyclic amines) is 1. The number of rotatable bonds is 3. The van der Waals surface area contributed by atoms with Gasteiger partial charge in [-0.1, -0.05) is 6.92 Å². The molecule has 0 bridgehead atoms. The van der Waals surface area contributed by atoms with Crippen LogP contribution in [0, 0.1) is 5.92 Å². The Morgan fingerprint density at radius 3 is 2.67 bits per heavy atom. The molecule has 1 saturated heterocycles. The third-order valence-corrected chi connectivity index (χ3v) is 5.48. The highest BCUT2D eigenvalue weighted by atomic mass is 16.2. The number of benzene rings is 1. The number of aromatic amines is 1. The Bertz CT molecular complexity index is 835. The SMILES string of the molecule is CC1CCN(C(=O)c2ccc(NC(=O)c3n[nH]c4c3CCNC4)cc2)CC1. The molecule has 2 aromatic rings. The van der Waals surface area contributed by atoms with Crippen LogP contribution in [0.25, 0.3) is 0 Å². The summed E-state index contributed by atoms with van der Waals surface area (Å²) in [6, 6.07) is 7.11. The molecule has 3 heterocycles. The lowest BCUT2D eigenvalue weighted by Crippen LogP contribution is -2.37. The Hall–Kier alpha value is -2.67. The third kappa shape index (κ3) is 3.73. The minimum atomic E-state index is -0.224. The number of fused-ring (bicyclic) bond motifs is 1. The maximum absolute atomic E-state index is 12.6. The number of aromatic nitrogens is 2. The van der Waals surface area contributed by atoms with E-state index in [1.54, 1.807) is 24.3 Å². The second kappa shape index (κ2) is 7.52. The topological polar surface area (TPSA) is 90.1 Å². The summed E-state index contributed by atoms with van der Waals surface area (Å²) < 4.78 is 0. The minimum absolute atomic E-state index is 0.0636. The summed E-state index contributed by atoms with van der Waals surface area (Å²) in [6.45, 7) is 5.42. The van der Waals surface area contributed by atoms with Gasteiger partial charge in [-0.2, -0.15) is 5.10 Å². The first-order valence-electron chi connectivity index (χ1n) is 9.59. The molecule has 7 nitrogen and oxygen atoms in total. The standard InChI is InChI=1S/C20H25N5O2/c1-13-7-10-25(11-8-13)20(27)14-2-4-15(5-3-14)22-19(26)18-16-6-9-21-12-17(16)23-24-18/h2-5,13,21H,6-12H2,1H3,(H,22,26)(H,23,24). The van der Waals surface area contributed by atoms with Crippen LogP contribution in [-0.4, -0.2) is 46.5 Å². The molecule has 142 valence electrons. The van der Waals surface area contributed by atoms with Gasteiger partial charge in [0.25, 0.3) is 11.8 Å². The number of hydrogen-bond donors (Lipinski definition) is 3. The predicted octanol–water partition coefficient (Wildman–Crippen LogP) is 2.18. The number of hydrogen-bond acceptors (Lipinski definition) is 4. The van der Waals surface area contributed by atoms with E-state index in [-0.39, 0.29) is 11.8 Å². The molecule has 2 aliphatic rings. The van der Waals surface area contributed by atoms with E-state index in [1.807, 2.05) is 4.90 Å². The van der Waals surface area contributed by atoms with E-state index in [4.69, 9.17) is 0 Å². The van der Waals surface area contributed by atoms with Crippen molar-refractivity contribution in [2.45, 2.75) is 32.7 Å². The van der Waals surface area contributed by atoms with Gasteiger partial charge in [0.05, 0.1) is 5.69 Å². The molecule has 1 fully saturated rings. The second-order valence-corrected chi connectivity index (χ2v) is 7.46. The molecular weight excluding hydrogens is 342 g/mol. The second-order valence-electron chi connectivity index (χ2n) is 7.46. The van der Waals surface area contributed by atoms with Gasteiger partial charge in [-0.25, -0.2) is 0 Å². The third-order valence-electron chi connectivity index (χ3n) is 5.48. The summed E-state index contributed by atoms with van der Waals surface area (Å²) in [5.41, 5.74) is 3.73. The lowest BCUT2D eigenvalue weighted by atomic mass is 9.98. The molecule has 7 heteroatoms. The molecule has 3 N–H and O–H groups in total. The summed E-state index contributed by atoms with van der Waals surface area (Å²) >= 11 is 0. The van der Waals surface area contributed by atoms with Gasteiger partial charge in [-0.05, 0) is 56.0 Å². The lowest BCUT2D eigenvalue weighted by Gasteiger charge is -2.30. The molecule has 0 atom stereocenters. The van der Waals surface area contributed by atoms with Crippen molar-refractivity contribution in [3.63, 3.8) is 0 Å². The highest BCUT2D eigenvalue weighted by Gasteiger charge is 2.23. The van der Waals surface area contributed by atoms with Crippen molar-refractivity contribution < 1.29 is 9.59 Å². The minimum Gasteiger partial charge on any atom is -0.339 e. The molecule has 1 aromatic carbocycles. The van der Waals surface area contributed by atoms with Gasteiger partial charge in [0, 0.05) is 36.4 Å². The highest BCUT2D eigenvalue weighted by molar-refractivity contribution is 6.04. The van der Waals surface area contributed by atoms with Crippen LogP contribution >= 0.6 is 0 Å². The molecule has 0 spiro atoms. The van der Waals surface area contributed by atoms with E-state index in [0.29, 0.717) is 29.4 Å². The van der Waals surface area contributed by atoms with Crippen LogP contribution in [0.2, 0.25) is 0 Å². The average molecular weight is 367 g/mol. The Balaban J connectivity index is 1.41. The number of anilines is 1. The zero-order valence-corrected chi connectivity index (χ0v) is 15.5. The zero-order chi connectivity index (χ0) is 18.8. The largest absolute Gasteiger partial charge is 0.339 e. The lowest BCUT2D eigenvalue weighted by molar-refractivity contribution is 0.0697. The first-order valence-corrected chi connectivity index (χ1v) is 9.59. The van der Waals surface area contributed by atoms with Crippen LogP contribution in [0.15, 0.2) is 24.3 Å². The number of carbonyl (C=O) groups excluding carboxylic acids is 2. The quantitative estimate of drug-likeness (QED) is 0.776. The van der Waals surface area contributed by atoms with Gasteiger partial charge >= 0.3 is 0 Å². The summed E-state index contributed by atoms with van der Waals surface area (Å²) in [6.07, 6.45) is 2.91. The molecule has 27 heavy (non-hydrogen) atoms. The van der Waals surface area contributed by atoms with Crippen LogP contribution in [0.5, 0.6) is 0 Å². The van der Waals surface area contributed by atoms with E-state index >= 15 is 0 Å². The van der Waals surface area contributed by atoms with Gasteiger partial charge in [-0.15, -0.1) is 0 Å². The molecule has 0 saturated carbocycles. The van der Waals surface area contributed by atoms with Crippen molar-refractivity contribution in [3.8, 4) is 0 Å². The van der Waals surface area contributed by atoms with Crippen molar-refractivity contribution in [1.82, 2.24) is 20.4 Å². The first-order chi connectivity index (χ1) is 13.1. The number of nitrogens with one attached hydrogen (secondary N) is 3. The van der Waals surface area contributed by atoms with E-state index in [0.717, 1.165) is 50.2 Å². The maximum atomic E-state index is 12.6. The number of nitrogens with zero attached hydrogens (tertiary/aromatic N) is 2. The predicted molar refractivity (Wildman–Crippen MR) is 103 cm³/mol. The normalized spacial score (nSPS) is 17.4. The molecular formula is C20H25N5O2. The Kier molecular flexibility index (Phi) is 4.94. The molecule has 2 amide bonds. The number of carbonyl (C=O) groups is 2. The van der Waals surface area contributed by atoms with Crippen molar-refractivity contribution in [2.75, 3.05) is 25.0 Å². The van der Waals surface area contributed by atoms with Gasteiger partial charge < -0.3 is 15.5 Å². The summed E-state index contributed by atoms with van der Waals surface area (Å²) in [5.74, 6) is 0.530. The Morgan fingerprint density at radius 2 is 1.93 bits per heavy atom. The average Bonchev–Trinajstić information content (AvgIpc) is 3.13.